The van der Waals surface area contributed by atoms with Crippen LogP contribution in [0.25, 0.3) is 65.7 Å². The number of hydrogen-bond donors (Lipinski definition) is 2. The molecule has 0 amide bonds. The van der Waals surface area contributed by atoms with Crippen molar-refractivity contribution in [2.24, 2.45) is 0 Å². The molecule has 2 aliphatic carbocycles. The number of benzene rings is 9. The maximum absolute atomic E-state index is 6.26. The topological polar surface area (TPSA) is 38.0 Å². The van der Waals surface area contributed by atoms with Gasteiger partial charge in [0.05, 0.1) is 16.8 Å². The van der Waals surface area contributed by atoms with Gasteiger partial charge in [0.2, 0.25) is 0 Å². The molecule has 11 rings (SSSR count). The van der Waals surface area contributed by atoms with Gasteiger partial charge < -0.3 is 11.1 Å². The van der Waals surface area contributed by atoms with Crippen LogP contribution >= 0.6 is 0 Å². The first kappa shape index (κ1) is 28.2. The molecule has 2 nitrogen and oxygen atoms in total. The molecule has 0 unspecified atom stereocenters. The fourth-order valence-corrected chi connectivity index (χ4v) is 9.42. The number of hydrogen-bond acceptors (Lipinski definition) is 2. The Morgan fingerprint density at radius 1 is 0.392 bits per heavy atom. The van der Waals surface area contributed by atoms with Crippen molar-refractivity contribution in [1.29, 1.82) is 0 Å². The summed E-state index contributed by atoms with van der Waals surface area (Å²) in [5.41, 5.74) is 21.6. The fourth-order valence-electron chi connectivity index (χ4n) is 9.42. The minimum atomic E-state index is -0.483. The first-order chi connectivity index (χ1) is 25.2. The summed E-state index contributed by atoms with van der Waals surface area (Å²) in [4.78, 5) is 0. The standard InChI is InChI=1S/C49H32N2/c50-44-23-11-12-24-45(44)51-31-27-25-30(26-28-31)40-29-41-46-37-18-4-1-13-32(37)33-14-2-6-20-39(33)48(46)49(47(41)38-19-5-3-15-34(38)40)42-21-9-7-16-35(42)36-17-8-10-22-43(36)49/h1-29,51H,50H2. The van der Waals surface area contributed by atoms with Crippen LogP contribution < -0.4 is 11.1 Å². The third kappa shape index (κ3) is 3.71. The number of nitrogens with one attached hydrogen (secondary N) is 1. The predicted octanol–water partition coefficient (Wildman–Crippen LogP) is 12.5. The Morgan fingerprint density at radius 2 is 0.902 bits per heavy atom. The number of rotatable bonds is 3. The highest BCUT2D eigenvalue weighted by Gasteiger charge is 2.54. The van der Waals surface area contributed by atoms with E-state index < -0.39 is 5.41 Å². The summed E-state index contributed by atoms with van der Waals surface area (Å²) in [6, 6.07) is 64.5. The van der Waals surface area contributed by atoms with Crippen LogP contribution in [-0.4, -0.2) is 0 Å². The summed E-state index contributed by atoms with van der Waals surface area (Å²) >= 11 is 0. The molecule has 238 valence electrons. The molecule has 0 bridgehead atoms. The normalized spacial score (nSPS) is 13.3. The van der Waals surface area contributed by atoms with Gasteiger partial charge in [0, 0.05) is 5.69 Å². The van der Waals surface area contributed by atoms with E-state index in [2.05, 4.69) is 157 Å². The molecule has 0 saturated carbocycles. The Morgan fingerprint density at radius 3 is 1.57 bits per heavy atom. The zero-order chi connectivity index (χ0) is 33.7. The average Bonchev–Trinajstić information content (AvgIpc) is 3.67. The minimum Gasteiger partial charge on any atom is -0.397 e. The lowest BCUT2D eigenvalue weighted by Gasteiger charge is -2.33. The summed E-state index contributed by atoms with van der Waals surface area (Å²) in [6.45, 7) is 0. The second-order valence-electron chi connectivity index (χ2n) is 13.9. The zero-order valence-electron chi connectivity index (χ0n) is 27.8. The van der Waals surface area contributed by atoms with Gasteiger partial charge in [-0.2, -0.15) is 0 Å². The van der Waals surface area contributed by atoms with E-state index >= 15 is 0 Å². The summed E-state index contributed by atoms with van der Waals surface area (Å²) in [5, 5.41) is 11.3. The molecule has 0 radical (unpaired) electrons. The van der Waals surface area contributed by atoms with E-state index in [1.165, 1.54) is 88.0 Å². The highest BCUT2D eigenvalue weighted by atomic mass is 14.9. The molecule has 0 saturated heterocycles. The molecule has 3 N–H and O–H groups in total. The van der Waals surface area contributed by atoms with Gasteiger partial charge in [-0.05, 0) is 118 Å². The van der Waals surface area contributed by atoms with E-state index in [0.29, 0.717) is 0 Å². The van der Waals surface area contributed by atoms with Crippen LogP contribution in [0.1, 0.15) is 22.3 Å². The van der Waals surface area contributed by atoms with Crippen molar-refractivity contribution in [3.05, 3.63) is 198 Å². The molecule has 9 aromatic rings. The number of nitrogens with two attached hydrogens (primary N) is 1. The lowest BCUT2D eigenvalue weighted by molar-refractivity contribution is 0.809. The lowest BCUT2D eigenvalue weighted by Crippen LogP contribution is -2.26. The number of anilines is 3. The van der Waals surface area contributed by atoms with Crippen molar-refractivity contribution in [3.63, 3.8) is 0 Å². The predicted molar refractivity (Wildman–Crippen MR) is 215 cm³/mol. The van der Waals surface area contributed by atoms with E-state index in [1.807, 2.05) is 24.3 Å². The van der Waals surface area contributed by atoms with E-state index in [1.54, 1.807) is 0 Å². The molecular weight excluding hydrogens is 617 g/mol. The van der Waals surface area contributed by atoms with E-state index in [9.17, 15) is 0 Å². The molecule has 1 spiro atoms. The average molecular weight is 649 g/mol. The Hall–Kier alpha value is -6.64. The van der Waals surface area contributed by atoms with Crippen molar-refractivity contribution in [1.82, 2.24) is 0 Å². The Balaban J connectivity index is 1.27. The van der Waals surface area contributed by atoms with E-state index in [-0.39, 0.29) is 0 Å². The fraction of sp³-hybridized carbons (Fsp3) is 0.0204. The minimum absolute atomic E-state index is 0.483. The van der Waals surface area contributed by atoms with Crippen molar-refractivity contribution in [2.75, 3.05) is 11.1 Å². The van der Waals surface area contributed by atoms with Crippen LogP contribution in [0, 0.1) is 0 Å². The summed E-state index contributed by atoms with van der Waals surface area (Å²) in [5.74, 6) is 0. The molecule has 0 aromatic heterocycles. The van der Waals surface area contributed by atoms with E-state index in [0.717, 1.165) is 17.1 Å². The van der Waals surface area contributed by atoms with Crippen LogP contribution in [0.3, 0.4) is 0 Å². The first-order valence-corrected chi connectivity index (χ1v) is 17.7. The molecule has 0 fully saturated rings. The highest BCUT2D eigenvalue weighted by molar-refractivity contribution is 6.22. The van der Waals surface area contributed by atoms with Gasteiger partial charge in [-0.15, -0.1) is 0 Å². The van der Waals surface area contributed by atoms with Crippen LogP contribution in [0.5, 0.6) is 0 Å². The Labute approximate surface area is 296 Å². The Kier molecular flexibility index (Phi) is 5.77. The molecule has 51 heavy (non-hydrogen) atoms. The molecular formula is C49H32N2. The first-order valence-electron chi connectivity index (χ1n) is 17.7. The Bertz CT molecular complexity index is 2850. The van der Waals surface area contributed by atoms with Crippen LogP contribution in [-0.2, 0) is 5.41 Å². The van der Waals surface area contributed by atoms with E-state index in [4.69, 9.17) is 5.73 Å². The van der Waals surface area contributed by atoms with Crippen molar-refractivity contribution >= 4 is 49.4 Å². The SMILES string of the molecule is Nc1ccccc1Nc1ccc(-c2cc3c(c4ccccc24)C2(c4ccccc4-c4ccccc42)c2c-3c3ccccc3c3ccccc23)cc1. The molecule has 0 aliphatic heterocycles. The molecule has 0 heterocycles. The van der Waals surface area contributed by atoms with Crippen molar-refractivity contribution in [3.8, 4) is 33.4 Å². The molecule has 9 aromatic carbocycles. The maximum atomic E-state index is 6.26. The van der Waals surface area contributed by atoms with Gasteiger partial charge in [0.25, 0.3) is 0 Å². The van der Waals surface area contributed by atoms with Gasteiger partial charge in [-0.25, -0.2) is 0 Å². The summed E-state index contributed by atoms with van der Waals surface area (Å²) < 4.78 is 0. The molecule has 2 aliphatic rings. The van der Waals surface area contributed by atoms with Crippen LogP contribution in [0.4, 0.5) is 17.1 Å². The van der Waals surface area contributed by atoms with Crippen LogP contribution in [0.2, 0.25) is 0 Å². The quantitative estimate of drug-likeness (QED) is 0.148. The van der Waals surface area contributed by atoms with Crippen molar-refractivity contribution in [2.45, 2.75) is 5.41 Å². The second-order valence-corrected chi connectivity index (χ2v) is 13.9. The number of fused-ring (bicyclic) bond motifs is 17. The zero-order valence-corrected chi connectivity index (χ0v) is 27.8. The molecule has 0 atom stereocenters. The third-order valence-electron chi connectivity index (χ3n) is 11.4. The third-order valence-corrected chi connectivity index (χ3v) is 11.4. The lowest BCUT2D eigenvalue weighted by atomic mass is 9.68. The number of para-hydroxylation sites is 2. The maximum Gasteiger partial charge on any atom is 0.0737 e. The number of nitrogen functional groups attached to an aromatic ring is 1. The van der Waals surface area contributed by atoms with Gasteiger partial charge >= 0.3 is 0 Å². The van der Waals surface area contributed by atoms with Gasteiger partial charge in [-0.3, -0.25) is 0 Å². The van der Waals surface area contributed by atoms with Gasteiger partial charge in [0.1, 0.15) is 0 Å². The molecule has 2 heteroatoms. The van der Waals surface area contributed by atoms with Crippen molar-refractivity contribution < 1.29 is 0 Å². The summed E-state index contributed by atoms with van der Waals surface area (Å²) in [7, 11) is 0. The largest absolute Gasteiger partial charge is 0.397 e. The van der Waals surface area contributed by atoms with Gasteiger partial charge in [-0.1, -0.05) is 146 Å². The highest BCUT2D eigenvalue weighted by Crippen LogP contribution is 2.67. The second kappa shape index (κ2) is 10.4. The van der Waals surface area contributed by atoms with Gasteiger partial charge in [0.15, 0.2) is 0 Å². The van der Waals surface area contributed by atoms with Crippen LogP contribution in [0.15, 0.2) is 176 Å². The monoisotopic (exact) mass is 648 g/mol. The smallest absolute Gasteiger partial charge is 0.0737 e. The summed E-state index contributed by atoms with van der Waals surface area (Å²) in [6.07, 6.45) is 0.